The van der Waals surface area contributed by atoms with Gasteiger partial charge in [0.25, 0.3) is 0 Å². The molecule has 6 heteroatoms. The van der Waals surface area contributed by atoms with E-state index in [9.17, 15) is 9.59 Å². The van der Waals surface area contributed by atoms with Crippen LogP contribution in [0.4, 0.5) is 4.79 Å². The van der Waals surface area contributed by atoms with Crippen LogP contribution in [0.15, 0.2) is 0 Å². The smallest absolute Gasteiger partial charge is 0.318 e. The van der Waals surface area contributed by atoms with Crippen molar-refractivity contribution in [2.75, 3.05) is 24.7 Å². The number of nitrogens with zero attached hydrogens (tertiary/aromatic N) is 1. The second-order valence-corrected chi connectivity index (χ2v) is 9.14. The molecule has 2 heterocycles. The Balaban J connectivity index is 1.71. The molecule has 0 bridgehead atoms. The van der Waals surface area contributed by atoms with E-state index < -0.39 is 0 Å². The largest absolute Gasteiger partial charge is 0.396 e. The van der Waals surface area contributed by atoms with Gasteiger partial charge >= 0.3 is 6.03 Å². The van der Waals surface area contributed by atoms with Crippen LogP contribution in [-0.4, -0.2) is 58.6 Å². The van der Waals surface area contributed by atoms with Crippen molar-refractivity contribution in [3.8, 4) is 0 Å². The molecule has 2 aliphatic heterocycles. The fourth-order valence-electron chi connectivity index (χ4n) is 4.39. The Labute approximate surface area is 169 Å². The first-order valence-electron chi connectivity index (χ1n) is 10.9. The molecule has 3 atom stereocenters. The number of fused-ring (bicyclic) bond motifs is 1. The van der Waals surface area contributed by atoms with Gasteiger partial charge in [0.1, 0.15) is 5.78 Å². The highest BCUT2D eigenvalue weighted by Gasteiger charge is 2.45. The van der Waals surface area contributed by atoms with Gasteiger partial charge in [0.05, 0.1) is 12.1 Å². The summed E-state index contributed by atoms with van der Waals surface area (Å²) in [4.78, 5) is 26.0. The van der Waals surface area contributed by atoms with Gasteiger partial charge in [-0.15, -0.1) is 0 Å². The lowest BCUT2D eigenvalue weighted by molar-refractivity contribution is -0.119. The molecule has 2 amide bonds. The van der Waals surface area contributed by atoms with E-state index in [4.69, 9.17) is 5.11 Å². The zero-order valence-corrected chi connectivity index (χ0v) is 17.8. The van der Waals surface area contributed by atoms with Gasteiger partial charge in [-0.25, -0.2) is 4.79 Å². The molecule has 2 rings (SSSR count). The van der Waals surface area contributed by atoms with Crippen LogP contribution in [0, 0.1) is 5.92 Å². The van der Waals surface area contributed by atoms with E-state index in [0.29, 0.717) is 30.8 Å². The second-order valence-electron chi connectivity index (χ2n) is 8.06. The molecule has 0 unspecified atom stereocenters. The summed E-state index contributed by atoms with van der Waals surface area (Å²) in [6, 6.07) is 0.853. The molecule has 27 heavy (non-hydrogen) atoms. The molecular formula is C21H38N2O3S. The summed E-state index contributed by atoms with van der Waals surface area (Å²) in [7, 11) is 0. The number of aliphatic hydroxyl groups excluding tert-OH is 1. The molecule has 2 aliphatic rings. The van der Waals surface area contributed by atoms with E-state index >= 15 is 0 Å². The lowest BCUT2D eigenvalue weighted by Gasteiger charge is -2.37. The zero-order chi connectivity index (χ0) is 19.5. The van der Waals surface area contributed by atoms with Crippen molar-refractivity contribution in [3.63, 3.8) is 0 Å². The molecule has 0 aromatic rings. The molecule has 2 fully saturated rings. The molecule has 0 aromatic carbocycles. The Morgan fingerprint density at radius 3 is 2.67 bits per heavy atom. The monoisotopic (exact) mass is 398 g/mol. The van der Waals surface area contributed by atoms with Crippen LogP contribution < -0.4 is 5.32 Å². The SMILES string of the molecule is CCCCCCN1C(=O)N[C@H]2CSC[C@@H](CCCCCCC(=O)CCO)[C@H]21. The van der Waals surface area contributed by atoms with Crippen LogP contribution in [0.1, 0.15) is 77.6 Å². The van der Waals surface area contributed by atoms with E-state index in [1.54, 1.807) is 0 Å². The fraction of sp³-hybridized carbons (Fsp3) is 0.905. The highest BCUT2D eigenvalue weighted by atomic mass is 32.2. The Hall–Kier alpha value is -0.750. The third kappa shape index (κ3) is 7.30. The molecule has 0 aliphatic carbocycles. The summed E-state index contributed by atoms with van der Waals surface area (Å²) in [6.45, 7) is 3.10. The maximum Gasteiger partial charge on any atom is 0.318 e. The number of hydrogen-bond donors (Lipinski definition) is 2. The third-order valence-electron chi connectivity index (χ3n) is 5.88. The molecule has 156 valence electrons. The number of urea groups is 1. The first kappa shape index (κ1) is 22.5. The van der Waals surface area contributed by atoms with Crippen LogP contribution in [0.2, 0.25) is 0 Å². The van der Waals surface area contributed by atoms with Gasteiger partial charge in [-0.3, -0.25) is 4.79 Å². The topological polar surface area (TPSA) is 69.6 Å². The van der Waals surface area contributed by atoms with Gasteiger partial charge < -0.3 is 15.3 Å². The number of hydrogen-bond acceptors (Lipinski definition) is 4. The third-order valence-corrected chi connectivity index (χ3v) is 7.14. The molecule has 5 nitrogen and oxygen atoms in total. The maximum absolute atomic E-state index is 12.4. The Kier molecular flexibility index (Phi) is 10.6. The predicted molar refractivity (Wildman–Crippen MR) is 112 cm³/mol. The number of thioether (sulfide) groups is 1. The molecule has 0 spiro atoms. The summed E-state index contributed by atoms with van der Waals surface area (Å²) in [5.74, 6) is 2.98. The number of carbonyl (C=O) groups is 2. The number of Topliss-reactive ketones (excluding diaryl/α,β-unsaturated/α-hetero) is 1. The Morgan fingerprint density at radius 2 is 1.89 bits per heavy atom. The summed E-state index contributed by atoms with van der Waals surface area (Å²) < 4.78 is 0. The number of unbranched alkanes of at least 4 members (excludes halogenated alkanes) is 6. The molecule has 0 saturated carbocycles. The van der Waals surface area contributed by atoms with Crippen molar-refractivity contribution in [1.29, 1.82) is 0 Å². The number of rotatable bonds is 14. The normalized spacial score (nSPS) is 24.7. The fourth-order valence-corrected chi connectivity index (χ4v) is 5.73. The first-order chi connectivity index (χ1) is 13.2. The van der Waals surface area contributed by atoms with Crippen molar-refractivity contribution in [1.82, 2.24) is 10.2 Å². The first-order valence-corrected chi connectivity index (χ1v) is 12.1. The summed E-state index contributed by atoms with van der Waals surface area (Å²) in [5, 5.41) is 12.0. The Morgan fingerprint density at radius 1 is 1.11 bits per heavy atom. The minimum Gasteiger partial charge on any atom is -0.396 e. The molecule has 0 aromatic heterocycles. The van der Waals surface area contributed by atoms with Crippen LogP contribution >= 0.6 is 11.8 Å². The highest BCUT2D eigenvalue weighted by molar-refractivity contribution is 7.99. The summed E-state index contributed by atoms with van der Waals surface area (Å²) >= 11 is 1.98. The van der Waals surface area contributed by atoms with E-state index in [0.717, 1.165) is 43.7 Å². The summed E-state index contributed by atoms with van der Waals surface area (Å²) in [6.07, 6.45) is 11.3. The van der Waals surface area contributed by atoms with Crippen LogP contribution in [0.25, 0.3) is 0 Å². The van der Waals surface area contributed by atoms with Gasteiger partial charge in [-0.05, 0) is 30.9 Å². The summed E-state index contributed by atoms with van der Waals surface area (Å²) in [5.41, 5.74) is 0. The van der Waals surface area contributed by atoms with Crippen molar-refractivity contribution >= 4 is 23.6 Å². The van der Waals surface area contributed by atoms with Crippen molar-refractivity contribution in [2.45, 2.75) is 89.6 Å². The number of carbonyl (C=O) groups excluding carboxylic acids is 2. The standard InChI is InChI=1S/C21H38N2O3S/c1-2-3-4-9-13-23-20-17(15-27-16-19(20)22-21(23)26)10-7-5-6-8-11-18(25)12-14-24/h17,19-20,24H,2-16H2,1H3,(H,22,26)/t17-,19+,20-/m1/s1. The average molecular weight is 399 g/mol. The lowest BCUT2D eigenvalue weighted by atomic mass is 9.89. The molecule has 2 N–H and O–H groups in total. The average Bonchev–Trinajstić information content (AvgIpc) is 2.98. The Bertz CT molecular complexity index is 461. The van der Waals surface area contributed by atoms with Gasteiger partial charge in [-0.2, -0.15) is 11.8 Å². The van der Waals surface area contributed by atoms with Crippen molar-refractivity contribution in [2.24, 2.45) is 5.92 Å². The van der Waals surface area contributed by atoms with E-state index in [-0.39, 0.29) is 18.4 Å². The van der Waals surface area contributed by atoms with Gasteiger partial charge in [0, 0.05) is 31.7 Å². The minimum absolute atomic E-state index is 0.0254. The lowest BCUT2D eigenvalue weighted by Crippen LogP contribution is -2.48. The number of nitrogens with one attached hydrogen (secondary N) is 1. The molecule has 0 radical (unpaired) electrons. The van der Waals surface area contributed by atoms with E-state index in [2.05, 4.69) is 17.1 Å². The molecular weight excluding hydrogens is 360 g/mol. The van der Waals surface area contributed by atoms with Crippen LogP contribution in [-0.2, 0) is 4.79 Å². The highest BCUT2D eigenvalue weighted by Crippen LogP contribution is 2.34. The number of aliphatic hydroxyl groups is 1. The van der Waals surface area contributed by atoms with Crippen molar-refractivity contribution in [3.05, 3.63) is 0 Å². The van der Waals surface area contributed by atoms with E-state index in [1.807, 2.05) is 11.8 Å². The minimum atomic E-state index is -0.0254. The number of ketones is 1. The zero-order valence-electron chi connectivity index (χ0n) is 17.0. The maximum atomic E-state index is 12.4. The van der Waals surface area contributed by atoms with Gasteiger partial charge in [0.15, 0.2) is 0 Å². The van der Waals surface area contributed by atoms with Gasteiger partial charge in [0.2, 0.25) is 0 Å². The van der Waals surface area contributed by atoms with Gasteiger partial charge in [-0.1, -0.05) is 45.4 Å². The predicted octanol–water partition coefficient (Wildman–Crippen LogP) is 3.98. The quantitative estimate of drug-likeness (QED) is 0.434. The van der Waals surface area contributed by atoms with Crippen molar-refractivity contribution < 1.29 is 14.7 Å². The van der Waals surface area contributed by atoms with Crippen LogP contribution in [0.3, 0.4) is 0 Å². The second kappa shape index (κ2) is 12.7. The molecule has 2 saturated heterocycles. The van der Waals surface area contributed by atoms with E-state index in [1.165, 1.54) is 32.1 Å². The number of amides is 2. The van der Waals surface area contributed by atoms with Crippen LogP contribution in [0.5, 0.6) is 0 Å².